The molecular formula is C10H18N2O. The molecule has 1 unspecified atom stereocenters. The summed E-state index contributed by atoms with van der Waals surface area (Å²) in [5.41, 5.74) is 0.147. The molecule has 0 aromatic carbocycles. The molecule has 0 saturated carbocycles. The standard InChI is InChI=1S/C10H18N2O/c1-10(5-4-8-13-9-10)12-7-3-2-6-11/h12H,2-5,7-9H2,1H3. The van der Waals surface area contributed by atoms with Crippen LogP contribution in [0.25, 0.3) is 0 Å². The van der Waals surface area contributed by atoms with E-state index in [0.717, 1.165) is 32.6 Å². The van der Waals surface area contributed by atoms with E-state index in [2.05, 4.69) is 18.3 Å². The van der Waals surface area contributed by atoms with Crippen LogP contribution in [0.3, 0.4) is 0 Å². The SMILES string of the molecule is CC1(NCCCC#N)CCCOC1. The van der Waals surface area contributed by atoms with Crippen molar-refractivity contribution in [1.29, 1.82) is 5.26 Å². The highest BCUT2D eigenvalue weighted by Gasteiger charge is 2.26. The number of nitriles is 1. The highest BCUT2D eigenvalue weighted by Crippen LogP contribution is 2.17. The van der Waals surface area contributed by atoms with Gasteiger partial charge in [-0.15, -0.1) is 0 Å². The van der Waals surface area contributed by atoms with E-state index < -0.39 is 0 Å². The minimum Gasteiger partial charge on any atom is -0.380 e. The molecule has 13 heavy (non-hydrogen) atoms. The molecule has 3 heteroatoms. The van der Waals surface area contributed by atoms with Gasteiger partial charge in [0.05, 0.1) is 12.7 Å². The Morgan fingerprint density at radius 3 is 3.08 bits per heavy atom. The molecule has 0 aromatic rings. The molecule has 1 aliphatic heterocycles. The van der Waals surface area contributed by atoms with Gasteiger partial charge in [-0.1, -0.05) is 0 Å². The Bertz CT molecular complexity index is 180. The van der Waals surface area contributed by atoms with Crippen LogP contribution in [0, 0.1) is 11.3 Å². The van der Waals surface area contributed by atoms with E-state index in [9.17, 15) is 0 Å². The molecule has 0 spiro atoms. The Labute approximate surface area is 80.1 Å². The molecule has 3 nitrogen and oxygen atoms in total. The van der Waals surface area contributed by atoms with E-state index in [0.29, 0.717) is 6.42 Å². The fourth-order valence-electron chi connectivity index (χ4n) is 1.63. The van der Waals surface area contributed by atoms with E-state index in [1.54, 1.807) is 0 Å². The second kappa shape index (κ2) is 5.21. The number of unbranched alkanes of at least 4 members (excludes halogenated alkanes) is 1. The molecular weight excluding hydrogens is 164 g/mol. The van der Waals surface area contributed by atoms with Gasteiger partial charge in [-0.3, -0.25) is 0 Å². The van der Waals surface area contributed by atoms with Gasteiger partial charge in [-0.05, 0) is 32.7 Å². The van der Waals surface area contributed by atoms with Gasteiger partial charge < -0.3 is 10.1 Å². The Kier molecular flexibility index (Phi) is 4.20. The number of hydrogen-bond donors (Lipinski definition) is 1. The van der Waals surface area contributed by atoms with Gasteiger partial charge in [0.1, 0.15) is 0 Å². The van der Waals surface area contributed by atoms with Crippen LogP contribution < -0.4 is 5.32 Å². The summed E-state index contributed by atoms with van der Waals surface area (Å²) in [5.74, 6) is 0. The van der Waals surface area contributed by atoms with Crippen molar-refractivity contribution in [3.8, 4) is 6.07 Å². The number of nitrogens with one attached hydrogen (secondary N) is 1. The largest absolute Gasteiger partial charge is 0.380 e. The molecule has 1 rings (SSSR count). The molecule has 74 valence electrons. The van der Waals surface area contributed by atoms with Crippen molar-refractivity contribution >= 4 is 0 Å². The van der Waals surface area contributed by atoms with Crippen LogP contribution in [-0.2, 0) is 4.74 Å². The summed E-state index contributed by atoms with van der Waals surface area (Å²) in [4.78, 5) is 0. The molecule has 1 fully saturated rings. The van der Waals surface area contributed by atoms with Crippen molar-refractivity contribution in [2.24, 2.45) is 0 Å². The molecule has 1 saturated heterocycles. The lowest BCUT2D eigenvalue weighted by molar-refractivity contribution is 0.0287. The molecule has 0 aromatic heterocycles. The first-order chi connectivity index (χ1) is 6.27. The van der Waals surface area contributed by atoms with E-state index in [4.69, 9.17) is 10.00 Å². The third-order valence-electron chi connectivity index (χ3n) is 2.45. The summed E-state index contributed by atoms with van der Waals surface area (Å²) in [7, 11) is 0. The Morgan fingerprint density at radius 1 is 1.62 bits per heavy atom. The van der Waals surface area contributed by atoms with Crippen molar-refractivity contribution in [3.63, 3.8) is 0 Å². The summed E-state index contributed by atoms with van der Waals surface area (Å²) < 4.78 is 5.41. The van der Waals surface area contributed by atoms with Crippen LogP contribution >= 0.6 is 0 Å². The Morgan fingerprint density at radius 2 is 2.46 bits per heavy atom. The van der Waals surface area contributed by atoms with Gasteiger partial charge >= 0.3 is 0 Å². The third kappa shape index (κ3) is 3.75. The minimum absolute atomic E-state index is 0.147. The fraction of sp³-hybridized carbons (Fsp3) is 0.900. The van der Waals surface area contributed by atoms with E-state index in [-0.39, 0.29) is 5.54 Å². The summed E-state index contributed by atoms with van der Waals surface area (Å²) in [6.45, 7) is 4.82. The summed E-state index contributed by atoms with van der Waals surface area (Å²) in [6, 6.07) is 2.15. The predicted octanol–water partition coefficient (Wildman–Crippen LogP) is 1.45. The van der Waals surface area contributed by atoms with Crippen molar-refractivity contribution in [3.05, 3.63) is 0 Å². The van der Waals surface area contributed by atoms with Crippen molar-refractivity contribution in [2.45, 2.75) is 38.1 Å². The second-order valence-electron chi connectivity index (χ2n) is 3.91. The first-order valence-electron chi connectivity index (χ1n) is 4.97. The van der Waals surface area contributed by atoms with Crippen LogP contribution in [0.5, 0.6) is 0 Å². The zero-order chi connectivity index (χ0) is 9.57. The fourth-order valence-corrected chi connectivity index (χ4v) is 1.63. The quantitative estimate of drug-likeness (QED) is 0.669. The van der Waals surface area contributed by atoms with Crippen molar-refractivity contribution < 1.29 is 4.74 Å². The zero-order valence-corrected chi connectivity index (χ0v) is 8.31. The van der Waals surface area contributed by atoms with Crippen LogP contribution in [0.1, 0.15) is 32.6 Å². The summed E-state index contributed by atoms with van der Waals surface area (Å²) in [6.07, 6.45) is 3.90. The van der Waals surface area contributed by atoms with Gasteiger partial charge in [-0.25, -0.2) is 0 Å². The van der Waals surface area contributed by atoms with Gasteiger partial charge in [0.15, 0.2) is 0 Å². The first kappa shape index (κ1) is 10.5. The van der Waals surface area contributed by atoms with Crippen LogP contribution in [-0.4, -0.2) is 25.3 Å². The normalized spacial score (nSPS) is 28.3. The average molecular weight is 182 g/mol. The highest BCUT2D eigenvalue weighted by atomic mass is 16.5. The average Bonchev–Trinajstić information content (AvgIpc) is 2.14. The molecule has 1 heterocycles. The predicted molar refractivity (Wildman–Crippen MR) is 51.3 cm³/mol. The van der Waals surface area contributed by atoms with Crippen LogP contribution in [0.15, 0.2) is 0 Å². The topological polar surface area (TPSA) is 45.0 Å². The van der Waals surface area contributed by atoms with Gasteiger partial charge in [0, 0.05) is 18.6 Å². The smallest absolute Gasteiger partial charge is 0.0645 e. The monoisotopic (exact) mass is 182 g/mol. The lowest BCUT2D eigenvalue weighted by Crippen LogP contribution is -2.49. The van der Waals surface area contributed by atoms with Crippen LogP contribution in [0.2, 0.25) is 0 Å². The Balaban J connectivity index is 2.14. The number of nitrogens with zero attached hydrogens (tertiary/aromatic N) is 1. The molecule has 0 aliphatic carbocycles. The van der Waals surface area contributed by atoms with Crippen molar-refractivity contribution in [1.82, 2.24) is 5.32 Å². The zero-order valence-electron chi connectivity index (χ0n) is 8.31. The van der Waals surface area contributed by atoms with Crippen LogP contribution in [0.4, 0.5) is 0 Å². The maximum atomic E-state index is 8.36. The molecule has 0 radical (unpaired) electrons. The van der Waals surface area contributed by atoms with E-state index in [1.807, 2.05) is 0 Å². The van der Waals surface area contributed by atoms with Gasteiger partial charge in [0.2, 0.25) is 0 Å². The lowest BCUT2D eigenvalue weighted by atomic mass is 9.95. The number of rotatable bonds is 4. The van der Waals surface area contributed by atoms with Gasteiger partial charge in [0.25, 0.3) is 0 Å². The molecule has 1 aliphatic rings. The number of ether oxygens (including phenoxy) is 1. The molecule has 0 amide bonds. The van der Waals surface area contributed by atoms with Gasteiger partial charge in [-0.2, -0.15) is 5.26 Å². The third-order valence-corrected chi connectivity index (χ3v) is 2.45. The lowest BCUT2D eigenvalue weighted by Gasteiger charge is -2.34. The second-order valence-corrected chi connectivity index (χ2v) is 3.91. The maximum absolute atomic E-state index is 8.36. The van der Waals surface area contributed by atoms with E-state index >= 15 is 0 Å². The molecule has 1 atom stereocenters. The van der Waals surface area contributed by atoms with E-state index in [1.165, 1.54) is 6.42 Å². The highest BCUT2D eigenvalue weighted by molar-refractivity contribution is 4.85. The number of hydrogen-bond acceptors (Lipinski definition) is 3. The first-order valence-corrected chi connectivity index (χ1v) is 4.97. The summed E-state index contributed by atoms with van der Waals surface area (Å²) >= 11 is 0. The summed E-state index contributed by atoms with van der Waals surface area (Å²) in [5, 5.41) is 11.8. The minimum atomic E-state index is 0.147. The maximum Gasteiger partial charge on any atom is 0.0645 e. The molecule has 1 N–H and O–H groups in total. The Hall–Kier alpha value is -0.590. The van der Waals surface area contributed by atoms with Crippen molar-refractivity contribution in [2.75, 3.05) is 19.8 Å². The molecule has 0 bridgehead atoms.